The van der Waals surface area contributed by atoms with E-state index < -0.39 is 0 Å². The number of piperidine rings is 2. The van der Waals surface area contributed by atoms with Crippen molar-refractivity contribution in [1.29, 1.82) is 0 Å². The zero-order valence-electron chi connectivity index (χ0n) is 18.3. The molecule has 0 unspecified atom stereocenters. The monoisotopic (exact) mass is 413 g/mol. The van der Waals surface area contributed by atoms with Gasteiger partial charge in [0.15, 0.2) is 0 Å². The van der Waals surface area contributed by atoms with Crippen molar-refractivity contribution in [2.45, 2.75) is 57.9 Å². The standard InChI is InChI=1S/C27H31N3O/c1-2-19-3-5-20(6-4-19)9-16-27(31)28-23-11-14-25-22(17-23)10-15-26(29-25)30-18-21-7-12-24(30)13-8-21/h3-6,10-11,14-15,17,21,24H,2,7-9,12-13,16,18H2,1H3,(H,28,31). The molecule has 0 atom stereocenters. The van der Waals surface area contributed by atoms with E-state index in [0.29, 0.717) is 12.5 Å². The first-order valence-corrected chi connectivity index (χ1v) is 11.7. The summed E-state index contributed by atoms with van der Waals surface area (Å²) in [6.45, 7) is 3.30. The van der Waals surface area contributed by atoms with Gasteiger partial charge in [-0.1, -0.05) is 31.2 Å². The number of aryl methyl sites for hydroxylation is 2. The van der Waals surface area contributed by atoms with Crippen molar-refractivity contribution in [3.8, 4) is 0 Å². The number of carbonyl (C=O) groups excluding carboxylic acids is 1. The van der Waals surface area contributed by atoms with Crippen LogP contribution in [0, 0.1) is 5.92 Å². The maximum atomic E-state index is 12.4. The van der Waals surface area contributed by atoms with E-state index in [2.05, 4.69) is 53.5 Å². The molecule has 6 rings (SSSR count). The molecule has 1 saturated carbocycles. The van der Waals surface area contributed by atoms with Crippen LogP contribution in [-0.4, -0.2) is 23.5 Å². The molecule has 0 spiro atoms. The molecule has 2 aromatic carbocycles. The lowest BCUT2D eigenvalue weighted by atomic mass is 9.80. The molecule has 2 saturated heterocycles. The molecule has 4 heteroatoms. The number of benzene rings is 2. The van der Waals surface area contributed by atoms with Crippen molar-refractivity contribution in [3.05, 3.63) is 65.7 Å². The molecule has 0 radical (unpaired) electrons. The Hall–Kier alpha value is -2.88. The highest BCUT2D eigenvalue weighted by Gasteiger charge is 2.34. The summed E-state index contributed by atoms with van der Waals surface area (Å²) in [5.41, 5.74) is 4.36. The van der Waals surface area contributed by atoms with Crippen LogP contribution < -0.4 is 10.2 Å². The van der Waals surface area contributed by atoms with Crippen molar-refractivity contribution < 1.29 is 4.79 Å². The Morgan fingerprint density at radius 1 is 1.00 bits per heavy atom. The number of fused-ring (bicyclic) bond motifs is 4. The van der Waals surface area contributed by atoms with Crippen LogP contribution in [0.4, 0.5) is 11.5 Å². The first-order valence-electron chi connectivity index (χ1n) is 11.7. The highest BCUT2D eigenvalue weighted by Crippen LogP contribution is 2.37. The molecule has 1 aromatic heterocycles. The quantitative estimate of drug-likeness (QED) is 0.560. The van der Waals surface area contributed by atoms with Gasteiger partial charge in [0.05, 0.1) is 5.52 Å². The Balaban J connectivity index is 1.22. The summed E-state index contributed by atoms with van der Waals surface area (Å²) in [4.78, 5) is 19.9. The molecule has 3 heterocycles. The number of hydrogen-bond donors (Lipinski definition) is 1. The topological polar surface area (TPSA) is 45.2 Å². The summed E-state index contributed by atoms with van der Waals surface area (Å²) in [6, 6.07) is 19.5. The van der Waals surface area contributed by atoms with E-state index in [1.54, 1.807) is 0 Å². The Kier molecular flexibility index (Phi) is 5.63. The van der Waals surface area contributed by atoms with Gasteiger partial charge in [-0.3, -0.25) is 4.79 Å². The zero-order valence-corrected chi connectivity index (χ0v) is 18.3. The Morgan fingerprint density at radius 3 is 2.48 bits per heavy atom. The summed E-state index contributed by atoms with van der Waals surface area (Å²) in [7, 11) is 0. The lowest BCUT2D eigenvalue weighted by Crippen LogP contribution is -2.48. The Labute approximate surface area is 184 Å². The highest BCUT2D eigenvalue weighted by molar-refractivity contribution is 5.94. The maximum absolute atomic E-state index is 12.4. The average molecular weight is 414 g/mol. The maximum Gasteiger partial charge on any atom is 0.224 e. The number of hydrogen-bond acceptors (Lipinski definition) is 3. The van der Waals surface area contributed by atoms with Crippen LogP contribution in [0.1, 0.15) is 50.2 Å². The number of anilines is 2. The second kappa shape index (κ2) is 8.70. The van der Waals surface area contributed by atoms with Gasteiger partial charge in [-0.05, 0) is 85.9 Å². The van der Waals surface area contributed by atoms with Crippen molar-refractivity contribution in [1.82, 2.24) is 4.98 Å². The van der Waals surface area contributed by atoms with Crippen LogP contribution in [0.15, 0.2) is 54.6 Å². The summed E-state index contributed by atoms with van der Waals surface area (Å²) in [5, 5.41) is 4.12. The fourth-order valence-electron chi connectivity index (χ4n) is 5.12. The minimum absolute atomic E-state index is 0.0489. The summed E-state index contributed by atoms with van der Waals surface area (Å²) in [6.07, 6.45) is 7.64. The van der Waals surface area contributed by atoms with Crippen LogP contribution in [0.2, 0.25) is 0 Å². The average Bonchev–Trinajstić information content (AvgIpc) is 2.83. The number of nitrogens with zero attached hydrogens (tertiary/aromatic N) is 2. The SMILES string of the molecule is CCc1ccc(CCC(=O)Nc2ccc3nc(N4CC5CCC4CC5)ccc3c2)cc1. The minimum atomic E-state index is 0.0489. The van der Waals surface area contributed by atoms with Gasteiger partial charge < -0.3 is 10.2 Å². The van der Waals surface area contributed by atoms with E-state index in [-0.39, 0.29) is 5.91 Å². The number of aromatic nitrogens is 1. The van der Waals surface area contributed by atoms with Crippen LogP contribution in [0.5, 0.6) is 0 Å². The summed E-state index contributed by atoms with van der Waals surface area (Å²) in [5.74, 6) is 1.99. The molecule has 1 aliphatic carbocycles. The van der Waals surface area contributed by atoms with Crippen LogP contribution in [0.3, 0.4) is 0 Å². The van der Waals surface area contributed by atoms with Gasteiger partial charge in [-0.15, -0.1) is 0 Å². The molecule has 1 amide bonds. The number of rotatable bonds is 6. The molecular weight excluding hydrogens is 382 g/mol. The molecule has 4 nitrogen and oxygen atoms in total. The molecule has 3 fully saturated rings. The largest absolute Gasteiger partial charge is 0.353 e. The molecule has 2 aliphatic heterocycles. The zero-order chi connectivity index (χ0) is 21.2. The van der Waals surface area contributed by atoms with E-state index in [9.17, 15) is 4.79 Å². The summed E-state index contributed by atoms with van der Waals surface area (Å²) < 4.78 is 0. The van der Waals surface area contributed by atoms with Gasteiger partial charge in [-0.25, -0.2) is 4.98 Å². The molecule has 3 aromatic rings. The molecule has 160 valence electrons. The van der Waals surface area contributed by atoms with Gasteiger partial charge in [0, 0.05) is 30.1 Å². The lowest BCUT2D eigenvalue weighted by molar-refractivity contribution is -0.116. The third kappa shape index (κ3) is 4.43. The number of pyridine rings is 1. The molecule has 1 N–H and O–H groups in total. The second-order valence-corrected chi connectivity index (χ2v) is 9.12. The highest BCUT2D eigenvalue weighted by atomic mass is 16.1. The third-order valence-corrected chi connectivity index (χ3v) is 7.04. The third-order valence-electron chi connectivity index (χ3n) is 7.04. The van der Waals surface area contributed by atoms with Gasteiger partial charge in [0.2, 0.25) is 5.91 Å². The van der Waals surface area contributed by atoms with Crippen molar-refractivity contribution in [2.24, 2.45) is 5.92 Å². The van der Waals surface area contributed by atoms with E-state index in [4.69, 9.17) is 4.98 Å². The van der Waals surface area contributed by atoms with Crippen LogP contribution in [-0.2, 0) is 17.6 Å². The molecular formula is C27H31N3O. The lowest BCUT2D eigenvalue weighted by Gasteiger charge is -2.46. The van der Waals surface area contributed by atoms with Gasteiger partial charge in [-0.2, -0.15) is 0 Å². The number of carbonyl (C=O) groups is 1. The van der Waals surface area contributed by atoms with Gasteiger partial charge in [0.25, 0.3) is 0 Å². The normalized spacial score (nSPS) is 20.2. The molecule has 31 heavy (non-hydrogen) atoms. The van der Waals surface area contributed by atoms with Crippen molar-refractivity contribution in [3.63, 3.8) is 0 Å². The van der Waals surface area contributed by atoms with Crippen molar-refractivity contribution in [2.75, 3.05) is 16.8 Å². The first-order chi connectivity index (χ1) is 15.2. The van der Waals surface area contributed by atoms with E-state index in [1.807, 2.05) is 18.2 Å². The van der Waals surface area contributed by atoms with Crippen molar-refractivity contribution >= 4 is 28.3 Å². The Morgan fingerprint density at radius 2 is 1.77 bits per heavy atom. The van der Waals surface area contributed by atoms with E-state index in [0.717, 1.165) is 47.7 Å². The Bertz CT molecular complexity index is 1070. The number of nitrogens with one attached hydrogen (secondary N) is 1. The summed E-state index contributed by atoms with van der Waals surface area (Å²) >= 11 is 0. The predicted octanol–water partition coefficient (Wildman–Crippen LogP) is 5.75. The number of amides is 1. The van der Waals surface area contributed by atoms with Gasteiger partial charge >= 0.3 is 0 Å². The second-order valence-electron chi connectivity index (χ2n) is 9.12. The van der Waals surface area contributed by atoms with Gasteiger partial charge in [0.1, 0.15) is 5.82 Å². The molecule has 2 bridgehead atoms. The van der Waals surface area contributed by atoms with Crippen LogP contribution >= 0.6 is 0 Å². The minimum Gasteiger partial charge on any atom is -0.353 e. The van der Waals surface area contributed by atoms with Crippen LogP contribution in [0.25, 0.3) is 10.9 Å². The smallest absolute Gasteiger partial charge is 0.224 e. The van der Waals surface area contributed by atoms with E-state index >= 15 is 0 Å². The fraction of sp³-hybridized carbons (Fsp3) is 0.407. The van der Waals surface area contributed by atoms with E-state index in [1.165, 1.54) is 36.8 Å². The molecule has 3 aliphatic rings. The first kappa shape index (κ1) is 20.0. The predicted molar refractivity (Wildman–Crippen MR) is 128 cm³/mol. The fourth-order valence-corrected chi connectivity index (χ4v) is 5.12.